The average Bonchev–Trinajstić information content (AvgIpc) is 2.99. The highest BCUT2D eigenvalue weighted by Gasteiger charge is 2.39. The van der Waals surface area contributed by atoms with Gasteiger partial charge in [-0.2, -0.15) is 0 Å². The number of rotatable bonds is 28. The number of aliphatic carboxylic acids is 6. The minimum atomic E-state index is -2.80. The van der Waals surface area contributed by atoms with Crippen LogP contribution in [0, 0.1) is 0 Å². The molecule has 1 aromatic rings. The number of phenolic OH excluding ortho intramolecular Hbond substituents is 1. The summed E-state index contributed by atoms with van der Waals surface area (Å²) in [6, 6.07) is 2.41. The molecule has 0 heterocycles. The van der Waals surface area contributed by atoms with Gasteiger partial charge < -0.3 is 64.2 Å². The molecule has 0 aliphatic heterocycles. The van der Waals surface area contributed by atoms with Gasteiger partial charge in [-0.05, 0) is 18.2 Å². The molecule has 2 amide bonds. The SMILES string of the molecule is O=C(O)CCOC(NC(=O)c1cc(O)cc(C(=O)NC(OCCC(=O)O)(OCCC(=O)O)OCCC(=O)O)c1)(OCCC(=O)O)OCCC(=O)O. The van der Waals surface area contributed by atoms with Crippen LogP contribution in [0.3, 0.4) is 0 Å². The van der Waals surface area contributed by atoms with Crippen molar-refractivity contribution < 1.29 is 103 Å². The van der Waals surface area contributed by atoms with Crippen LogP contribution >= 0.6 is 0 Å². The van der Waals surface area contributed by atoms with Crippen molar-refractivity contribution in [2.45, 2.75) is 50.7 Å². The summed E-state index contributed by atoms with van der Waals surface area (Å²) in [7, 11) is 0. The molecule has 0 saturated carbocycles. The van der Waals surface area contributed by atoms with E-state index < -0.39 is 155 Å². The molecular formula is C28H36N2O21. The summed E-state index contributed by atoms with van der Waals surface area (Å²) in [5.74, 6) is -11.6. The van der Waals surface area contributed by atoms with Crippen LogP contribution in [0.4, 0.5) is 0 Å². The van der Waals surface area contributed by atoms with Crippen LogP contribution in [0.15, 0.2) is 18.2 Å². The van der Waals surface area contributed by atoms with E-state index in [9.17, 15) is 43.5 Å². The first kappa shape index (κ1) is 43.6. The zero-order valence-electron chi connectivity index (χ0n) is 26.6. The van der Waals surface area contributed by atoms with E-state index >= 15 is 0 Å². The van der Waals surface area contributed by atoms with E-state index in [4.69, 9.17) is 59.1 Å². The standard InChI is InChI=1S/C28H36N2O21/c31-18-14-16(25(44)29-27(46-7-1-19(32)33,47-8-2-20(34)35)48-9-3-21(36)37)13-17(15-18)26(45)30-28(49-10-4-22(38)39,50-11-5-23(40)41)51-12-6-24(42)43/h13-15,31H,1-12H2,(H,29,44)(H,30,45)(H,32,33)(H,34,35)(H,36,37)(H,38,39)(H,40,41)(H,42,43). The quantitative estimate of drug-likeness (QED) is 0.0467. The summed E-state index contributed by atoms with van der Waals surface area (Å²) in [5, 5.41) is 68.5. The lowest BCUT2D eigenvalue weighted by molar-refractivity contribution is -0.390. The third kappa shape index (κ3) is 18.2. The number of carbonyl (C=O) groups excluding carboxylic acids is 2. The maximum atomic E-state index is 13.4. The minimum absolute atomic E-state index is 0.578. The number of hydrogen-bond donors (Lipinski definition) is 9. The smallest absolute Gasteiger partial charge is 0.377 e. The molecule has 0 bridgehead atoms. The van der Waals surface area contributed by atoms with Crippen LogP contribution in [0.25, 0.3) is 0 Å². The Labute approximate surface area is 286 Å². The summed E-state index contributed by atoms with van der Waals surface area (Å²) in [6.07, 6.45) is -9.77. The number of ether oxygens (including phenoxy) is 6. The van der Waals surface area contributed by atoms with Gasteiger partial charge in [0.15, 0.2) is 0 Å². The van der Waals surface area contributed by atoms with Crippen molar-refractivity contribution >= 4 is 47.6 Å². The molecule has 1 aromatic carbocycles. The van der Waals surface area contributed by atoms with Crippen molar-refractivity contribution in [3.63, 3.8) is 0 Å². The summed E-state index contributed by atoms with van der Waals surface area (Å²) in [4.78, 5) is 93.2. The summed E-state index contributed by atoms with van der Waals surface area (Å²) in [5.41, 5.74) is -1.16. The van der Waals surface area contributed by atoms with Crippen molar-refractivity contribution in [1.82, 2.24) is 10.6 Å². The average molecular weight is 737 g/mol. The molecule has 0 fully saturated rings. The zero-order chi connectivity index (χ0) is 38.6. The summed E-state index contributed by atoms with van der Waals surface area (Å²) < 4.78 is 31.6. The second kappa shape index (κ2) is 21.6. The van der Waals surface area contributed by atoms with Crippen LogP contribution in [0.5, 0.6) is 5.75 Å². The number of nitrogens with one attached hydrogen (secondary N) is 2. The van der Waals surface area contributed by atoms with Gasteiger partial charge in [-0.1, -0.05) is 0 Å². The molecule has 0 unspecified atom stereocenters. The molecule has 0 atom stereocenters. The molecule has 0 aliphatic carbocycles. The predicted octanol–water partition coefficient (Wildman–Crippen LogP) is -0.978. The molecule has 9 N–H and O–H groups in total. The van der Waals surface area contributed by atoms with Crippen molar-refractivity contribution in [2.24, 2.45) is 0 Å². The van der Waals surface area contributed by atoms with Gasteiger partial charge in [-0.25, -0.2) is 0 Å². The fourth-order valence-corrected chi connectivity index (χ4v) is 3.40. The lowest BCUT2D eigenvalue weighted by Crippen LogP contribution is -2.56. The number of carbonyl (C=O) groups is 8. The monoisotopic (exact) mass is 736 g/mol. The molecule has 0 saturated heterocycles. The summed E-state index contributed by atoms with van der Waals surface area (Å²) in [6.45, 7) is -4.35. The Kier molecular flexibility index (Phi) is 18.4. The van der Waals surface area contributed by atoms with E-state index in [0.717, 1.165) is 18.2 Å². The van der Waals surface area contributed by atoms with E-state index in [1.807, 2.05) is 0 Å². The highest BCUT2D eigenvalue weighted by atomic mass is 16.9. The molecule has 51 heavy (non-hydrogen) atoms. The molecular weight excluding hydrogens is 700 g/mol. The Bertz CT molecular complexity index is 1210. The number of amides is 2. The number of benzene rings is 1. The molecule has 23 nitrogen and oxygen atoms in total. The normalized spacial score (nSPS) is 11.4. The topological polar surface area (TPSA) is 358 Å². The number of phenols is 1. The molecule has 0 spiro atoms. The lowest BCUT2D eigenvalue weighted by atomic mass is 10.1. The van der Waals surface area contributed by atoms with Gasteiger partial charge in [0.25, 0.3) is 11.8 Å². The van der Waals surface area contributed by atoms with Gasteiger partial charge in [-0.3, -0.25) is 49.0 Å². The predicted molar refractivity (Wildman–Crippen MR) is 158 cm³/mol. The number of carboxylic acids is 6. The first-order chi connectivity index (χ1) is 23.9. The van der Waals surface area contributed by atoms with Gasteiger partial charge in [-0.15, -0.1) is 0 Å². The van der Waals surface area contributed by atoms with E-state index in [0.29, 0.717) is 0 Å². The van der Waals surface area contributed by atoms with Gasteiger partial charge >= 0.3 is 48.0 Å². The first-order valence-corrected chi connectivity index (χ1v) is 14.5. The van der Waals surface area contributed by atoms with Crippen molar-refractivity contribution in [1.29, 1.82) is 0 Å². The van der Waals surface area contributed by atoms with Crippen molar-refractivity contribution in [2.75, 3.05) is 39.6 Å². The van der Waals surface area contributed by atoms with Gasteiger partial charge in [0.1, 0.15) is 5.75 Å². The number of hydrogen-bond acceptors (Lipinski definition) is 15. The van der Waals surface area contributed by atoms with Crippen molar-refractivity contribution in [3.05, 3.63) is 29.3 Å². The molecule has 0 aliphatic rings. The van der Waals surface area contributed by atoms with Gasteiger partial charge in [0.2, 0.25) is 0 Å². The third-order valence-corrected chi connectivity index (χ3v) is 5.62. The van der Waals surface area contributed by atoms with E-state index in [1.165, 1.54) is 0 Å². The largest absolute Gasteiger partial charge is 0.508 e. The Morgan fingerprint density at radius 3 is 0.843 bits per heavy atom. The summed E-state index contributed by atoms with van der Waals surface area (Å²) >= 11 is 0. The van der Waals surface area contributed by atoms with Crippen LogP contribution in [-0.2, 0) is 57.2 Å². The fourth-order valence-electron chi connectivity index (χ4n) is 3.40. The Morgan fingerprint density at radius 2 is 0.647 bits per heavy atom. The van der Waals surface area contributed by atoms with Gasteiger partial charge in [0.05, 0.1) is 78.2 Å². The van der Waals surface area contributed by atoms with E-state index in [-0.39, 0.29) is 0 Å². The van der Waals surface area contributed by atoms with E-state index in [1.54, 1.807) is 0 Å². The molecule has 1 rings (SSSR count). The Balaban J connectivity index is 3.51. The minimum Gasteiger partial charge on any atom is -0.508 e. The third-order valence-electron chi connectivity index (χ3n) is 5.62. The fraction of sp³-hybridized carbons (Fsp3) is 0.500. The number of aromatic hydroxyl groups is 1. The van der Waals surface area contributed by atoms with E-state index in [2.05, 4.69) is 10.6 Å². The maximum absolute atomic E-state index is 13.4. The highest BCUT2D eigenvalue weighted by molar-refractivity contribution is 6.00. The van der Waals surface area contributed by atoms with Crippen LogP contribution < -0.4 is 10.6 Å². The van der Waals surface area contributed by atoms with Crippen LogP contribution in [-0.4, -0.2) is 135 Å². The molecule has 0 aromatic heterocycles. The first-order valence-electron chi connectivity index (χ1n) is 14.5. The van der Waals surface area contributed by atoms with Crippen molar-refractivity contribution in [3.8, 4) is 5.75 Å². The molecule has 23 heteroatoms. The molecule has 284 valence electrons. The zero-order valence-corrected chi connectivity index (χ0v) is 26.6. The Hall–Kier alpha value is -5.46. The number of carboxylic acid groups (broad SMARTS) is 6. The van der Waals surface area contributed by atoms with Crippen LogP contribution in [0.2, 0.25) is 0 Å². The molecule has 0 radical (unpaired) electrons. The van der Waals surface area contributed by atoms with Gasteiger partial charge in [0, 0.05) is 11.1 Å². The van der Waals surface area contributed by atoms with Crippen LogP contribution in [0.1, 0.15) is 59.2 Å². The maximum Gasteiger partial charge on any atom is 0.377 e. The lowest BCUT2D eigenvalue weighted by Gasteiger charge is -2.33. The highest BCUT2D eigenvalue weighted by Crippen LogP contribution is 2.22. The second-order valence-corrected chi connectivity index (χ2v) is 9.74. The Morgan fingerprint density at radius 1 is 0.431 bits per heavy atom. The second-order valence-electron chi connectivity index (χ2n) is 9.74.